The van der Waals surface area contributed by atoms with Gasteiger partial charge in [-0.25, -0.2) is 0 Å². The zero-order valence-electron chi connectivity index (χ0n) is 17.2. The van der Waals surface area contributed by atoms with E-state index in [1.54, 1.807) is 49.6 Å². The average Bonchev–Trinajstić information content (AvgIpc) is 2.71. The fourth-order valence-corrected chi connectivity index (χ4v) is 3.37. The van der Waals surface area contributed by atoms with Crippen molar-refractivity contribution in [1.29, 1.82) is 0 Å². The van der Waals surface area contributed by atoms with E-state index < -0.39 is 11.8 Å². The van der Waals surface area contributed by atoms with Crippen molar-refractivity contribution in [3.8, 4) is 5.75 Å². The molecule has 0 spiro atoms. The number of ether oxygens (including phenoxy) is 1. The summed E-state index contributed by atoms with van der Waals surface area (Å²) in [6.45, 7) is 3.93. The average molecular weight is 554 g/mol. The second-order valence-electron chi connectivity index (χ2n) is 6.94. The van der Waals surface area contributed by atoms with Gasteiger partial charge in [-0.3, -0.25) is 30.6 Å². The maximum atomic E-state index is 12.3. The number of methoxy groups -OCH3 is 1. The summed E-state index contributed by atoms with van der Waals surface area (Å²) in [7, 11) is 1.55. The number of halogens is 1. The van der Waals surface area contributed by atoms with Crippen LogP contribution in [0.4, 0.5) is 5.69 Å². The molecule has 0 aliphatic heterocycles. The number of carbonyl (C=O) groups is 3. The summed E-state index contributed by atoms with van der Waals surface area (Å²) in [6.07, 6.45) is 0.422. The number of thiocarbonyl (C=S) groups is 1. The Morgan fingerprint density at radius 3 is 2.23 bits per heavy atom. The third kappa shape index (κ3) is 7.79. The molecule has 0 atom stereocenters. The van der Waals surface area contributed by atoms with Gasteiger partial charge >= 0.3 is 0 Å². The van der Waals surface area contributed by atoms with Crippen LogP contribution in [0.2, 0.25) is 0 Å². The molecule has 10 heteroatoms. The van der Waals surface area contributed by atoms with Gasteiger partial charge in [0, 0.05) is 23.2 Å². The maximum absolute atomic E-state index is 12.3. The summed E-state index contributed by atoms with van der Waals surface area (Å²) in [4.78, 5) is 36.3. The van der Waals surface area contributed by atoms with E-state index in [4.69, 9.17) is 17.0 Å². The lowest BCUT2D eigenvalue weighted by Gasteiger charge is -2.12. The van der Waals surface area contributed by atoms with Crippen molar-refractivity contribution in [2.45, 2.75) is 20.3 Å². The lowest BCUT2D eigenvalue weighted by atomic mass is 10.1. The first-order chi connectivity index (χ1) is 14.7. The Bertz CT molecular complexity index is 980. The first kappa shape index (κ1) is 24.5. The van der Waals surface area contributed by atoms with Gasteiger partial charge in [0.15, 0.2) is 5.11 Å². The van der Waals surface area contributed by atoms with Crippen LogP contribution in [0.3, 0.4) is 0 Å². The third-order valence-corrected chi connectivity index (χ3v) is 5.00. The summed E-state index contributed by atoms with van der Waals surface area (Å²) in [5.74, 6) is -0.0320. The van der Waals surface area contributed by atoms with Crippen molar-refractivity contribution in [2.24, 2.45) is 5.92 Å². The van der Waals surface area contributed by atoms with Crippen LogP contribution in [0.5, 0.6) is 5.75 Å². The highest BCUT2D eigenvalue weighted by Crippen LogP contribution is 2.21. The van der Waals surface area contributed by atoms with E-state index in [1.807, 2.05) is 13.8 Å². The van der Waals surface area contributed by atoms with Gasteiger partial charge in [0.1, 0.15) is 5.75 Å². The number of nitrogens with one attached hydrogen (secondary N) is 4. The molecule has 0 aliphatic carbocycles. The molecule has 2 aromatic carbocycles. The number of amides is 3. The monoisotopic (exact) mass is 554 g/mol. The molecule has 31 heavy (non-hydrogen) atoms. The lowest BCUT2D eigenvalue weighted by Crippen LogP contribution is -2.48. The van der Waals surface area contributed by atoms with Crippen LogP contribution in [0.1, 0.15) is 41.0 Å². The van der Waals surface area contributed by atoms with Gasteiger partial charge in [-0.1, -0.05) is 13.8 Å². The molecular weight excluding hydrogens is 531 g/mol. The molecule has 4 N–H and O–H groups in total. The zero-order chi connectivity index (χ0) is 23.0. The minimum atomic E-state index is -0.448. The highest BCUT2D eigenvalue weighted by Gasteiger charge is 2.12. The van der Waals surface area contributed by atoms with E-state index in [0.29, 0.717) is 29.0 Å². The standard InChI is InChI=1S/C21H23IN4O4S/c1-12(2)10-18(27)23-15-7-4-13(5-8-15)20(29)25-26-21(31)24-19(28)14-6-9-17(30-3)16(22)11-14/h4-9,11-12H,10H2,1-3H3,(H,23,27)(H,25,29)(H2,24,26,28,31). The van der Waals surface area contributed by atoms with E-state index in [1.165, 1.54) is 0 Å². The summed E-state index contributed by atoms with van der Waals surface area (Å²) in [5, 5.41) is 5.21. The van der Waals surface area contributed by atoms with Gasteiger partial charge in [-0.15, -0.1) is 0 Å². The Labute approximate surface area is 199 Å². The molecule has 0 aliphatic rings. The van der Waals surface area contributed by atoms with Crippen LogP contribution in [0, 0.1) is 9.49 Å². The van der Waals surface area contributed by atoms with E-state index in [2.05, 4.69) is 44.1 Å². The number of hydrogen-bond acceptors (Lipinski definition) is 5. The SMILES string of the molecule is COc1ccc(C(=O)NC(=S)NNC(=O)c2ccc(NC(=O)CC(C)C)cc2)cc1I. The lowest BCUT2D eigenvalue weighted by molar-refractivity contribution is -0.116. The topological polar surface area (TPSA) is 109 Å². The molecule has 0 aromatic heterocycles. The van der Waals surface area contributed by atoms with Gasteiger partial charge in [0.25, 0.3) is 11.8 Å². The van der Waals surface area contributed by atoms with E-state index in [9.17, 15) is 14.4 Å². The van der Waals surface area contributed by atoms with Crippen molar-refractivity contribution in [1.82, 2.24) is 16.2 Å². The van der Waals surface area contributed by atoms with Crippen LogP contribution in [-0.4, -0.2) is 29.9 Å². The Morgan fingerprint density at radius 2 is 1.65 bits per heavy atom. The molecule has 0 unspecified atom stereocenters. The van der Waals surface area contributed by atoms with Crippen molar-refractivity contribution in [3.63, 3.8) is 0 Å². The molecule has 3 amide bonds. The summed E-state index contributed by atoms with van der Waals surface area (Å²) >= 11 is 7.12. The molecule has 2 aromatic rings. The first-order valence-electron chi connectivity index (χ1n) is 9.34. The molecule has 164 valence electrons. The van der Waals surface area contributed by atoms with Gasteiger partial charge in [-0.05, 0) is 83.2 Å². The minimum absolute atomic E-state index is 0.0539. The summed E-state index contributed by atoms with van der Waals surface area (Å²) < 4.78 is 5.94. The summed E-state index contributed by atoms with van der Waals surface area (Å²) in [6, 6.07) is 11.4. The molecule has 0 heterocycles. The van der Waals surface area contributed by atoms with E-state index in [-0.39, 0.29) is 16.9 Å². The predicted molar refractivity (Wildman–Crippen MR) is 131 cm³/mol. The van der Waals surface area contributed by atoms with Crippen LogP contribution in [-0.2, 0) is 4.79 Å². The number of hydrogen-bond donors (Lipinski definition) is 4. The number of hydrazine groups is 1. The zero-order valence-corrected chi connectivity index (χ0v) is 20.2. The Balaban J connectivity index is 1.84. The smallest absolute Gasteiger partial charge is 0.269 e. The Hall–Kier alpha value is -2.73. The number of carbonyl (C=O) groups excluding carboxylic acids is 3. The highest BCUT2D eigenvalue weighted by atomic mass is 127. The predicted octanol–water partition coefficient (Wildman–Crippen LogP) is 3.23. The largest absolute Gasteiger partial charge is 0.496 e. The van der Waals surface area contributed by atoms with Gasteiger partial charge < -0.3 is 10.1 Å². The van der Waals surface area contributed by atoms with Crippen molar-refractivity contribution >= 4 is 63.3 Å². The number of rotatable bonds is 6. The quantitative estimate of drug-likeness (QED) is 0.248. The van der Waals surface area contributed by atoms with Crippen LogP contribution >= 0.6 is 34.8 Å². The van der Waals surface area contributed by atoms with Crippen LogP contribution in [0.15, 0.2) is 42.5 Å². The molecule has 8 nitrogen and oxygen atoms in total. The number of benzene rings is 2. The Morgan fingerprint density at radius 1 is 1.00 bits per heavy atom. The second kappa shape index (κ2) is 11.6. The third-order valence-electron chi connectivity index (χ3n) is 3.96. The first-order valence-corrected chi connectivity index (χ1v) is 10.8. The molecule has 2 rings (SSSR count). The van der Waals surface area contributed by atoms with Gasteiger partial charge in [0.2, 0.25) is 5.91 Å². The molecule has 0 radical (unpaired) electrons. The molecule has 0 bridgehead atoms. The van der Waals surface area contributed by atoms with Crippen LogP contribution in [0.25, 0.3) is 0 Å². The summed E-state index contributed by atoms with van der Waals surface area (Å²) in [5.41, 5.74) is 6.27. The normalized spacial score (nSPS) is 10.2. The molecule has 0 fully saturated rings. The number of anilines is 1. The van der Waals surface area contributed by atoms with Crippen molar-refractivity contribution in [3.05, 3.63) is 57.2 Å². The molecular formula is C21H23IN4O4S. The molecule has 0 saturated carbocycles. The fraction of sp³-hybridized carbons (Fsp3) is 0.238. The van der Waals surface area contributed by atoms with E-state index in [0.717, 1.165) is 3.57 Å². The fourth-order valence-electron chi connectivity index (χ4n) is 2.49. The van der Waals surface area contributed by atoms with Crippen molar-refractivity contribution in [2.75, 3.05) is 12.4 Å². The van der Waals surface area contributed by atoms with Crippen LogP contribution < -0.4 is 26.2 Å². The van der Waals surface area contributed by atoms with Gasteiger partial charge in [-0.2, -0.15) is 0 Å². The minimum Gasteiger partial charge on any atom is -0.496 e. The van der Waals surface area contributed by atoms with Gasteiger partial charge in [0.05, 0.1) is 10.7 Å². The maximum Gasteiger partial charge on any atom is 0.269 e. The van der Waals surface area contributed by atoms with E-state index >= 15 is 0 Å². The Kier molecular flexibility index (Phi) is 9.19. The highest BCUT2D eigenvalue weighted by molar-refractivity contribution is 14.1. The second-order valence-corrected chi connectivity index (χ2v) is 8.51. The molecule has 0 saturated heterocycles. The van der Waals surface area contributed by atoms with Crippen molar-refractivity contribution < 1.29 is 19.1 Å².